The molecule has 1 aromatic carbocycles. The fourth-order valence-corrected chi connectivity index (χ4v) is 1.98. The van der Waals surface area contributed by atoms with Crippen LogP contribution in [-0.4, -0.2) is 5.51 Å². The van der Waals surface area contributed by atoms with Crippen LogP contribution in [-0.2, 0) is 0 Å². The van der Waals surface area contributed by atoms with E-state index in [0.29, 0.717) is 0 Å². The van der Waals surface area contributed by atoms with Crippen molar-refractivity contribution >= 4 is 35.0 Å². The predicted molar refractivity (Wildman–Crippen MR) is 48.3 cm³/mol. The molecule has 7 heteroatoms. The van der Waals surface area contributed by atoms with Gasteiger partial charge in [-0.25, -0.2) is 4.39 Å². The summed E-state index contributed by atoms with van der Waals surface area (Å²) in [6.45, 7) is 0. The number of halogens is 6. The van der Waals surface area contributed by atoms with E-state index >= 15 is 0 Å². The van der Waals surface area contributed by atoms with Gasteiger partial charge in [0, 0.05) is 5.02 Å². The van der Waals surface area contributed by atoms with Crippen LogP contribution in [0.15, 0.2) is 17.0 Å². The standard InChI is InChI=1S/C7H2Cl2F4S/c8-3-1-4(9)6(10)5(2-3)14-7(11,12)13/h1-2H. The zero-order valence-electron chi connectivity index (χ0n) is 6.33. The Kier molecular flexibility index (Phi) is 3.55. The molecule has 0 aromatic heterocycles. The second-order valence-electron chi connectivity index (χ2n) is 2.25. The maximum absolute atomic E-state index is 13.0. The van der Waals surface area contributed by atoms with E-state index in [1.807, 2.05) is 0 Å². The van der Waals surface area contributed by atoms with Crippen LogP contribution in [0.3, 0.4) is 0 Å². The first-order chi connectivity index (χ1) is 6.29. The second-order valence-corrected chi connectivity index (χ2v) is 4.20. The number of hydrogen-bond donors (Lipinski definition) is 0. The van der Waals surface area contributed by atoms with Gasteiger partial charge in [-0.15, -0.1) is 0 Å². The highest BCUT2D eigenvalue weighted by Gasteiger charge is 2.31. The second kappa shape index (κ2) is 4.16. The Labute approximate surface area is 91.2 Å². The van der Waals surface area contributed by atoms with Crippen molar-refractivity contribution in [1.29, 1.82) is 0 Å². The van der Waals surface area contributed by atoms with E-state index in [1.165, 1.54) is 0 Å². The van der Waals surface area contributed by atoms with Gasteiger partial charge in [-0.1, -0.05) is 23.2 Å². The van der Waals surface area contributed by atoms with Gasteiger partial charge in [-0.2, -0.15) is 13.2 Å². The monoisotopic (exact) mass is 264 g/mol. The van der Waals surface area contributed by atoms with Gasteiger partial charge in [0.15, 0.2) is 5.82 Å². The lowest BCUT2D eigenvalue weighted by atomic mass is 10.3. The van der Waals surface area contributed by atoms with Gasteiger partial charge in [0.2, 0.25) is 0 Å². The lowest BCUT2D eigenvalue weighted by Gasteiger charge is -2.07. The first kappa shape index (κ1) is 11.9. The SMILES string of the molecule is Fc1c(Cl)cc(Cl)cc1SC(F)(F)F. The number of alkyl halides is 3. The Balaban J connectivity index is 3.09. The molecule has 0 saturated carbocycles. The Morgan fingerprint density at radius 1 is 1.14 bits per heavy atom. The molecule has 0 unspecified atom stereocenters. The first-order valence-electron chi connectivity index (χ1n) is 3.20. The van der Waals surface area contributed by atoms with Crippen LogP contribution in [0.5, 0.6) is 0 Å². The van der Waals surface area contributed by atoms with Gasteiger partial charge < -0.3 is 0 Å². The molecule has 0 amide bonds. The summed E-state index contributed by atoms with van der Waals surface area (Å²) in [4.78, 5) is -0.630. The number of rotatable bonds is 1. The van der Waals surface area contributed by atoms with Crippen LogP contribution in [0.1, 0.15) is 0 Å². The summed E-state index contributed by atoms with van der Waals surface area (Å²) < 4.78 is 48.7. The van der Waals surface area contributed by atoms with E-state index in [2.05, 4.69) is 0 Å². The number of benzene rings is 1. The minimum absolute atomic E-state index is 0.0388. The summed E-state index contributed by atoms with van der Waals surface area (Å²) >= 11 is 10.1. The van der Waals surface area contributed by atoms with Gasteiger partial charge in [0.05, 0.1) is 9.92 Å². The average molecular weight is 265 g/mol. The van der Waals surface area contributed by atoms with Gasteiger partial charge in [-0.3, -0.25) is 0 Å². The van der Waals surface area contributed by atoms with E-state index in [1.54, 1.807) is 0 Å². The number of hydrogen-bond acceptors (Lipinski definition) is 1. The van der Waals surface area contributed by atoms with Crippen molar-refractivity contribution in [3.8, 4) is 0 Å². The lowest BCUT2D eigenvalue weighted by molar-refractivity contribution is -0.0329. The molecule has 1 rings (SSSR count). The van der Waals surface area contributed by atoms with Crippen LogP contribution in [0.4, 0.5) is 17.6 Å². The summed E-state index contributed by atoms with van der Waals surface area (Å²) in [6.07, 6.45) is 0. The Bertz CT molecular complexity index is 350. The van der Waals surface area contributed by atoms with Gasteiger partial charge in [0.1, 0.15) is 0 Å². The highest BCUT2D eigenvalue weighted by atomic mass is 35.5. The minimum Gasteiger partial charge on any atom is -0.204 e. The van der Waals surface area contributed by atoms with E-state index < -0.39 is 33.0 Å². The Morgan fingerprint density at radius 3 is 2.21 bits per heavy atom. The van der Waals surface area contributed by atoms with Gasteiger partial charge >= 0.3 is 5.51 Å². The van der Waals surface area contributed by atoms with Crippen molar-refractivity contribution in [2.24, 2.45) is 0 Å². The molecule has 14 heavy (non-hydrogen) atoms. The third-order valence-corrected chi connectivity index (χ3v) is 2.43. The molecule has 0 heterocycles. The Hall–Kier alpha value is -0.130. The first-order valence-corrected chi connectivity index (χ1v) is 4.77. The summed E-state index contributed by atoms with van der Waals surface area (Å²) in [5.74, 6) is -1.11. The highest BCUT2D eigenvalue weighted by Crippen LogP contribution is 2.40. The predicted octanol–water partition coefficient (Wildman–Crippen LogP) is 4.74. The summed E-state index contributed by atoms with van der Waals surface area (Å²) in [5, 5.41) is -0.465. The molecule has 0 aliphatic rings. The van der Waals surface area contributed by atoms with E-state index in [-0.39, 0.29) is 5.02 Å². The summed E-state index contributed by atoms with van der Waals surface area (Å²) in [6, 6.07) is 1.92. The molecule has 0 nitrogen and oxygen atoms in total. The zero-order valence-corrected chi connectivity index (χ0v) is 8.66. The van der Waals surface area contributed by atoms with Crippen molar-refractivity contribution in [3.63, 3.8) is 0 Å². The molecular formula is C7H2Cl2F4S. The minimum atomic E-state index is -4.56. The van der Waals surface area contributed by atoms with Crippen molar-refractivity contribution in [2.45, 2.75) is 10.4 Å². The van der Waals surface area contributed by atoms with Crippen LogP contribution in [0.2, 0.25) is 10.0 Å². The molecule has 0 atom stereocenters. The van der Waals surface area contributed by atoms with Gasteiger partial charge in [-0.05, 0) is 23.9 Å². The fourth-order valence-electron chi connectivity index (χ4n) is 0.731. The largest absolute Gasteiger partial charge is 0.446 e. The van der Waals surface area contributed by atoms with Gasteiger partial charge in [0.25, 0.3) is 0 Å². The summed E-state index contributed by atoms with van der Waals surface area (Å²) in [5.41, 5.74) is -4.56. The molecule has 0 aliphatic heterocycles. The highest BCUT2D eigenvalue weighted by molar-refractivity contribution is 8.00. The van der Waals surface area contributed by atoms with Crippen molar-refractivity contribution in [2.75, 3.05) is 0 Å². The molecule has 0 aliphatic carbocycles. The average Bonchev–Trinajstić information content (AvgIpc) is 1.96. The van der Waals surface area contributed by atoms with Crippen molar-refractivity contribution < 1.29 is 17.6 Å². The molecule has 78 valence electrons. The van der Waals surface area contributed by atoms with E-state index in [4.69, 9.17) is 23.2 Å². The maximum atomic E-state index is 13.0. The Morgan fingerprint density at radius 2 is 1.71 bits per heavy atom. The quantitative estimate of drug-likeness (QED) is 0.401. The molecule has 1 aromatic rings. The molecule has 0 bridgehead atoms. The van der Waals surface area contributed by atoms with Crippen molar-refractivity contribution in [1.82, 2.24) is 0 Å². The van der Waals surface area contributed by atoms with E-state index in [0.717, 1.165) is 12.1 Å². The third-order valence-electron chi connectivity index (χ3n) is 1.19. The van der Waals surface area contributed by atoms with Crippen LogP contribution >= 0.6 is 35.0 Å². The normalized spacial score (nSPS) is 11.9. The smallest absolute Gasteiger partial charge is 0.204 e. The third kappa shape index (κ3) is 3.22. The molecule has 0 saturated heterocycles. The van der Waals surface area contributed by atoms with Crippen LogP contribution in [0.25, 0.3) is 0 Å². The topological polar surface area (TPSA) is 0 Å². The lowest BCUT2D eigenvalue weighted by Crippen LogP contribution is -2.00. The van der Waals surface area contributed by atoms with E-state index in [9.17, 15) is 17.6 Å². The molecule has 0 spiro atoms. The number of thioether (sulfide) groups is 1. The zero-order chi connectivity index (χ0) is 10.9. The van der Waals surface area contributed by atoms with Crippen LogP contribution < -0.4 is 0 Å². The fraction of sp³-hybridized carbons (Fsp3) is 0.143. The van der Waals surface area contributed by atoms with Crippen LogP contribution in [0, 0.1) is 5.82 Å². The maximum Gasteiger partial charge on any atom is 0.446 e. The molecular weight excluding hydrogens is 263 g/mol. The molecule has 0 radical (unpaired) electrons. The summed E-state index contributed by atoms with van der Waals surface area (Å²) in [7, 11) is 0. The van der Waals surface area contributed by atoms with Crippen molar-refractivity contribution in [3.05, 3.63) is 28.0 Å². The molecule has 0 N–H and O–H groups in total. The molecule has 0 fully saturated rings.